The third kappa shape index (κ3) is 4.30. The number of carbonyl (C=O) groups is 1. The van der Waals surface area contributed by atoms with E-state index in [9.17, 15) is 4.79 Å². The van der Waals surface area contributed by atoms with E-state index in [1.165, 1.54) is 11.3 Å². The van der Waals surface area contributed by atoms with Crippen LogP contribution in [0.25, 0.3) is 10.6 Å². The second-order valence-electron chi connectivity index (χ2n) is 7.54. The van der Waals surface area contributed by atoms with Gasteiger partial charge in [0.25, 0.3) is 0 Å². The molecule has 1 unspecified atom stereocenters. The van der Waals surface area contributed by atoms with E-state index in [4.69, 9.17) is 27.9 Å². The van der Waals surface area contributed by atoms with Crippen molar-refractivity contribution in [3.05, 3.63) is 45.5 Å². The molecule has 3 heterocycles. The standard InChI is InChI=1S/C20H18Cl2N6O2S/c1-10(17-26-27-18(31-17)12-4-6-13(21)7-5-12)23-19-24-15(22)8-16(25-19)28-14(11-2-3-11)9-30-20(28)29/h4-8,10-11,14H,2-3,9H2,1H3,(H,23,24,25)/t10-,14?/m0/s1. The maximum Gasteiger partial charge on any atom is 0.415 e. The van der Waals surface area contributed by atoms with Crippen LogP contribution >= 0.6 is 34.5 Å². The quantitative estimate of drug-likeness (QED) is 0.487. The van der Waals surface area contributed by atoms with Gasteiger partial charge in [-0.25, -0.2) is 9.78 Å². The fourth-order valence-electron chi connectivity index (χ4n) is 3.50. The fraction of sp³-hybridized carbons (Fsp3) is 0.350. The van der Waals surface area contributed by atoms with Crippen molar-refractivity contribution in [3.8, 4) is 10.6 Å². The molecule has 1 amide bonds. The number of hydrogen-bond acceptors (Lipinski definition) is 8. The highest BCUT2D eigenvalue weighted by molar-refractivity contribution is 7.14. The van der Waals surface area contributed by atoms with E-state index in [0.717, 1.165) is 28.4 Å². The summed E-state index contributed by atoms with van der Waals surface area (Å²) in [4.78, 5) is 22.7. The predicted molar refractivity (Wildman–Crippen MR) is 120 cm³/mol. The largest absolute Gasteiger partial charge is 0.447 e. The second-order valence-corrected chi connectivity index (χ2v) is 9.38. The molecule has 0 radical (unpaired) electrons. The molecule has 1 aliphatic carbocycles. The fourth-order valence-corrected chi connectivity index (χ4v) is 4.65. The van der Waals surface area contributed by atoms with Gasteiger partial charge < -0.3 is 10.1 Å². The highest BCUT2D eigenvalue weighted by Crippen LogP contribution is 2.40. The van der Waals surface area contributed by atoms with Gasteiger partial charge in [0.05, 0.1) is 12.1 Å². The summed E-state index contributed by atoms with van der Waals surface area (Å²) in [6.45, 7) is 2.32. The Balaban J connectivity index is 1.35. The minimum absolute atomic E-state index is 0.00571. The molecule has 2 aromatic heterocycles. The zero-order valence-electron chi connectivity index (χ0n) is 16.5. The highest BCUT2D eigenvalue weighted by Gasteiger charge is 2.44. The van der Waals surface area contributed by atoms with Crippen LogP contribution in [-0.2, 0) is 4.74 Å². The summed E-state index contributed by atoms with van der Waals surface area (Å²) in [5.41, 5.74) is 0.945. The summed E-state index contributed by atoms with van der Waals surface area (Å²) < 4.78 is 5.25. The molecule has 2 aliphatic rings. The van der Waals surface area contributed by atoms with Gasteiger partial charge in [-0.3, -0.25) is 4.90 Å². The van der Waals surface area contributed by atoms with E-state index < -0.39 is 6.09 Å². The molecular weight excluding hydrogens is 459 g/mol. The predicted octanol–water partition coefficient (Wildman–Crippen LogP) is 5.21. The van der Waals surface area contributed by atoms with Crippen LogP contribution in [0.3, 0.4) is 0 Å². The van der Waals surface area contributed by atoms with Gasteiger partial charge in [-0.05, 0) is 37.8 Å². The number of nitrogens with zero attached hydrogens (tertiary/aromatic N) is 5. The van der Waals surface area contributed by atoms with E-state index in [1.807, 2.05) is 31.2 Å². The van der Waals surface area contributed by atoms with Crippen molar-refractivity contribution in [3.63, 3.8) is 0 Å². The van der Waals surface area contributed by atoms with Crippen LogP contribution in [0.15, 0.2) is 30.3 Å². The van der Waals surface area contributed by atoms with Crippen molar-refractivity contribution in [2.24, 2.45) is 5.92 Å². The second kappa shape index (κ2) is 8.22. The lowest BCUT2D eigenvalue weighted by Gasteiger charge is -2.21. The van der Waals surface area contributed by atoms with E-state index in [0.29, 0.717) is 29.3 Å². The van der Waals surface area contributed by atoms with Crippen LogP contribution in [-0.4, -0.2) is 38.9 Å². The van der Waals surface area contributed by atoms with Crippen molar-refractivity contribution in [1.82, 2.24) is 20.2 Å². The molecule has 1 saturated heterocycles. The number of hydrogen-bond donors (Lipinski definition) is 1. The molecule has 1 aliphatic heterocycles. The molecule has 11 heteroatoms. The lowest BCUT2D eigenvalue weighted by atomic mass is 10.2. The van der Waals surface area contributed by atoms with Crippen LogP contribution in [0.1, 0.15) is 30.8 Å². The van der Waals surface area contributed by atoms with Gasteiger partial charge in [0.15, 0.2) is 0 Å². The number of rotatable bonds is 6. The number of aromatic nitrogens is 4. The van der Waals surface area contributed by atoms with Gasteiger partial charge in [0, 0.05) is 16.7 Å². The molecule has 0 bridgehead atoms. The van der Waals surface area contributed by atoms with Crippen molar-refractivity contribution >= 4 is 52.4 Å². The summed E-state index contributed by atoms with van der Waals surface area (Å²) >= 11 is 13.7. The molecule has 1 N–H and O–H groups in total. The van der Waals surface area contributed by atoms with Gasteiger partial charge in [-0.15, -0.1) is 10.2 Å². The first kappa shape index (κ1) is 20.4. The van der Waals surface area contributed by atoms with E-state index in [-0.39, 0.29) is 17.2 Å². The molecule has 8 nitrogen and oxygen atoms in total. The summed E-state index contributed by atoms with van der Waals surface area (Å²) in [5, 5.41) is 14.2. The number of carbonyl (C=O) groups excluding carboxylic acids is 1. The van der Waals surface area contributed by atoms with Crippen molar-refractivity contribution in [2.75, 3.05) is 16.8 Å². The Hall–Kier alpha value is -2.49. The molecule has 5 rings (SSSR count). The van der Waals surface area contributed by atoms with Crippen molar-refractivity contribution in [1.29, 1.82) is 0 Å². The molecule has 2 fully saturated rings. The van der Waals surface area contributed by atoms with Crippen LogP contribution in [0.5, 0.6) is 0 Å². The normalized spacial score (nSPS) is 19.4. The zero-order valence-corrected chi connectivity index (χ0v) is 18.8. The highest BCUT2D eigenvalue weighted by atomic mass is 35.5. The number of halogens is 2. The summed E-state index contributed by atoms with van der Waals surface area (Å²) in [6.07, 6.45) is 1.78. The van der Waals surface area contributed by atoms with Gasteiger partial charge in [-0.2, -0.15) is 4.98 Å². The van der Waals surface area contributed by atoms with Gasteiger partial charge in [0.1, 0.15) is 27.6 Å². The van der Waals surface area contributed by atoms with E-state index in [2.05, 4.69) is 25.5 Å². The van der Waals surface area contributed by atoms with E-state index >= 15 is 0 Å². The first-order valence-electron chi connectivity index (χ1n) is 9.84. The maximum absolute atomic E-state index is 12.3. The van der Waals surface area contributed by atoms with Gasteiger partial charge >= 0.3 is 6.09 Å². The minimum Gasteiger partial charge on any atom is -0.447 e. The summed E-state index contributed by atoms with van der Waals surface area (Å²) in [5.74, 6) is 1.20. The Morgan fingerprint density at radius 2 is 1.97 bits per heavy atom. The molecule has 1 saturated carbocycles. The molecule has 160 valence electrons. The monoisotopic (exact) mass is 476 g/mol. The Morgan fingerprint density at radius 1 is 1.19 bits per heavy atom. The number of benzene rings is 1. The minimum atomic E-state index is -0.401. The molecule has 0 spiro atoms. The van der Waals surface area contributed by atoms with Crippen LogP contribution in [0.4, 0.5) is 16.6 Å². The third-order valence-electron chi connectivity index (χ3n) is 5.25. The van der Waals surface area contributed by atoms with Gasteiger partial charge in [-0.1, -0.05) is 46.7 Å². The molecule has 1 aromatic carbocycles. The van der Waals surface area contributed by atoms with E-state index in [1.54, 1.807) is 11.0 Å². The summed E-state index contributed by atoms with van der Waals surface area (Å²) in [6, 6.07) is 8.82. The zero-order chi connectivity index (χ0) is 21.5. The smallest absolute Gasteiger partial charge is 0.415 e. The van der Waals surface area contributed by atoms with Gasteiger partial charge in [0.2, 0.25) is 5.95 Å². The maximum atomic E-state index is 12.3. The molecular formula is C20H18Cl2N6O2S. The average Bonchev–Trinajstić information content (AvgIpc) is 3.32. The first-order chi connectivity index (χ1) is 15.0. The van der Waals surface area contributed by atoms with Crippen molar-refractivity contribution < 1.29 is 9.53 Å². The summed E-state index contributed by atoms with van der Waals surface area (Å²) in [7, 11) is 0. The molecule has 3 aromatic rings. The number of ether oxygens (including phenoxy) is 1. The average molecular weight is 477 g/mol. The lowest BCUT2D eigenvalue weighted by molar-refractivity contribution is 0.178. The number of cyclic esters (lactones) is 1. The first-order valence-corrected chi connectivity index (χ1v) is 11.4. The van der Waals surface area contributed by atoms with Crippen LogP contribution in [0, 0.1) is 5.92 Å². The topological polar surface area (TPSA) is 93.1 Å². The third-order valence-corrected chi connectivity index (χ3v) is 6.85. The van der Waals surface area contributed by atoms with Crippen molar-refractivity contribution in [2.45, 2.75) is 31.8 Å². The Bertz CT molecular complexity index is 1120. The number of anilines is 2. The Morgan fingerprint density at radius 3 is 2.71 bits per heavy atom. The SMILES string of the molecule is C[C@H](Nc1nc(Cl)cc(N2C(=O)OCC2C2CC2)n1)c1nnc(-c2ccc(Cl)cc2)s1. The number of nitrogens with one attached hydrogen (secondary N) is 1. The van der Waals surface area contributed by atoms with Crippen LogP contribution < -0.4 is 10.2 Å². The van der Waals surface area contributed by atoms with Crippen LogP contribution in [0.2, 0.25) is 10.2 Å². The molecule has 31 heavy (non-hydrogen) atoms. The Kier molecular flexibility index (Phi) is 5.41. The number of amides is 1. The lowest BCUT2D eigenvalue weighted by Crippen LogP contribution is -2.35. The Labute approximate surface area is 192 Å². The molecule has 2 atom stereocenters.